The van der Waals surface area contributed by atoms with E-state index in [1.807, 2.05) is 0 Å². The Kier molecular flexibility index (Phi) is 3.19. The fourth-order valence-electron chi connectivity index (χ4n) is 1.04. The minimum atomic E-state index is -0.326. The number of hydrogen-bond donors (Lipinski definition) is 1. The summed E-state index contributed by atoms with van der Waals surface area (Å²) in [5, 5.41) is 0. The van der Waals surface area contributed by atoms with Crippen LogP contribution < -0.4 is 5.73 Å². The predicted molar refractivity (Wildman–Crippen MR) is 46.0 cm³/mol. The summed E-state index contributed by atoms with van der Waals surface area (Å²) in [5.74, 6) is -0.326. The number of primary amides is 1. The quantitative estimate of drug-likeness (QED) is 0.647. The predicted octanol–water partition coefficient (Wildman–Crippen LogP) is -0.0389. The Morgan fingerprint density at radius 1 is 1.69 bits per heavy atom. The lowest BCUT2D eigenvalue weighted by Gasteiger charge is -2.01. The van der Waals surface area contributed by atoms with Gasteiger partial charge in [0.25, 0.3) is 0 Å². The summed E-state index contributed by atoms with van der Waals surface area (Å²) in [6.45, 7) is 0.594. The molecule has 1 aromatic rings. The van der Waals surface area contributed by atoms with Crippen molar-refractivity contribution in [1.82, 2.24) is 9.55 Å². The molecule has 13 heavy (non-hydrogen) atoms. The van der Waals surface area contributed by atoms with E-state index in [2.05, 4.69) is 4.98 Å². The van der Waals surface area contributed by atoms with Gasteiger partial charge in [0, 0.05) is 13.0 Å². The van der Waals surface area contributed by atoms with E-state index < -0.39 is 0 Å². The zero-order valence-electron chi connectivity index (χ0n) is 7.14. The lowest BCUT2D eigenvalue weighted by atomic mass is 10.3. The molecule has 5 nitrogen and oxygen atoms in total. The lowest BCUT2D eigenvalue weighted by molar-refractivity contribution is -0.118. The van der Waals surface area contributed by atoms with E-state index >= 15 is 0 Å². The highest BCUT2D eigenvalue weighted by Gasteiger charge is 2.00. The van der Waals surface area contributed by atoms with Crippen LogP contribution in [0.3, 0.4) is 0 Å². The number of nitrogens with two attached hydrogens (primary N) is 1. The van der Waals surface area contributed by atoms with Crippen LogP contribution in [-0.2, 0) is 11.3 Å². The van der Waals surface area contributed by atoms with Crippen molar-refractivity contribution in [3.05, 3.63) is 18.2 Å². The van der Waals surface area contributed by atoms with Gasteiger partial charge in [-0.2, -0.15) is 0 Å². The monoisotopic (exact) mass is 181 g/mol. The molecule has 1 amide bonds. The Morgan fingerprint density at radius 2 is 2.46 bits per heavy atom. The Hall–Kier alpha value is -1.65. The Labute approximate surface area is 75.6 Å². The van der Waals surface area contributed by atoms with Crippen LogP contribution in [0, 0.1) is 0 Å². The average Bonchev–Trinajstić information content (AvgIpc) is 2.51. The fraction of sp³-hybridized carbons (Fsp3) is 0.375. The lowest BCUT2D eigenvalue weighted by Crippen LogP contribution is -2.11. The number of amides is 1. The van der Waals surface area contributed by atoms with E-state index in [9.17, 15) is 9.59 Å². The van der Waals surface area contributed by atoms with Crippen molar-refractivity contribution in [2.75, 3.05) is 0 Å². The van der Waals surface area contributed by atoms with E-state index in [0.717, 1.165) is 6.29 Å². The van der Waals surface area contributed by atoms with Crippen molar-refractivity contribution in [1.29, 1.82) is 0 Å². The van der Waals surface area contributed by atoms with Crippen LogP contribution in [0.25, 0.3) is 0 Å². The molecule has 0 aromatic carbocycles. The van der Waals surface area contributed by atoms with E-state index in [-0.39, 0.29) is 5.91 Å². The van der Waals surface area contributed by atoms with Crippen LogP contribution in [-0.4, -0.2) is 21.7 Å². The maximum atomic E-state index is 10.4. The van der Waals surface area contributed by atoms with E-state index in [1.165, 1.54) is 6.20 Å². The van der Waals surface area contributed by atoms with Gasteiger partial charge in [-0.05, 0) is 6.42 Å². The van der Waals surface area contributed by atoms with Crippen molar-refractivity contribution < 1.29 is 9.59 Å². The van der Waals surface area contributed by atoms with Gasteiger partial charge in [-0.25, -0.2) is 4.98 Å². The number of imidazole rings is 1. The first-order chi connectivity index (χ1) is 6.24. The highest BCUT2D eigenvalue weighted by molar-refractivity contribution is 5.73. The number of hydrogen-bond acceptors (Lipinski definition) is 3. The highest BCUT2D eigenvalue weighted by atomic mass is 16.1. The van der Waals surface area contributed by atoms with Gasteiger partial charge >= 0.3 is 0 Å². The first-order valence-electron chi connectivity index (χ1n) is 3.97. The highest BCUT2D eigenvalue weighted by Crippen LogP contribution is 1.99. The molecule has 1 rings (SSSR count). The first kappa shape index (κ1) is 9.44. The molecule has 0 bridgehead atoms. The molecule has 0 fully saturated rings. The average molecular weight is 181 g/mol. The summed E-state index contributed by atoms with van der Waals surface area (Å²) in [6.07, 6.45) is 4.74. The number of aryl methyl sites for hydroxylation is 1. The molecule has 0 aliphatic carbocycles. The van der Waals surface area contributed by atoms with Crippen molar-refractivity contribution in [3.63, 3.8) is 0 Å². The summed E-state index contributed by atoms with van der Waals surface area (Å²) in [4.78, 5) is 24.6. The van der Waals surface area contributed by atoms with E-state index in [4.69, 9.17) is 5.73 Å². The summed E-state index contributed by atoms with van der Waals surface area (Å²) in [7, 11) is 0. The summed E-state index contributed by atoms with van der Waals surface area (Å²) < 4.78 is 1.69. The number of carbonyl (C=O) groups is 2. The van der Waals surface area contributed by atoms with Crippen LogP contribution >= 0.6 is 0 Å². The third-order valence-electron chi connectivity index (χ3n) is 1.69. The molecule has 0 saturated heterocycles. The third kappa shape index (κ3) is 2.70. The van der Waals surface area contributed by atoms with E-state index in [0.29, 0.717) is 25.1 Å². The first-order valence-corrected chi connectivity index (χ1v) is 3.97. The van der Waals surface area contributed by atoms with E-state index in [1.54, 1.807) is 10.9 Å². The minimum absolute atomic E-state index is 0.326. The molecule has 0 unspecified atom stereocenters. The van der Waals surface area contributed by atoms with Crippen molar-refractivity contribution in [3.8, 4) is 0 Å². The van der Waals surface area contributed by atoms with Gasteiger partial charge in [-0.1, -0.05) is 0 Å². The third-order valence-corrected chi connectivity index (χ3v) is 1.69. The number of nitrogens with zero attached hydrogens (tertiary/aromatic N) is 2. The Morgan fingerprint density at radius 3 is 3.08 bits per heavy atom. The second kappa shape index (κ2) is 4.39. The normalized spacial score (nSPS) is 9.85. The number of aldehydes is 1. The topological polar surface area (TPSA) is 78.0 Å². The molecule has 2 N–H and O–H groups in total. The van der Waals surface area contributed by atoms with Crippen LogP contribution in [0.15, 0.2) is 12.5 Å². The van der Waals surface area contributed by atoms with Gasteiger partial charge in [0.1, 0.15) is 5.69 Å². The van der Waals surface area contributed by atoms with Crippen molar-refractivity contribution >= 4 is 12.2 Å². The second-order valence-electron chi connectivity index (χ2n) is 2.70. The second-order valence-corrected chi connectivity index (χ2v) is 2.70. The summed E-state index contributed by atoms with van der Waals surface area (Å²) >= 11 is 0. The van der Waals surface area contributed by atoms with Crippen LogP contribution in [0.1, 0.15) is 23.3 Å². The van der Waals surface area contributed by atoms with Gasteiger partial charge in [0.2, 0.25) is 5.91 Å². The fourth-order valence-corrected chi connectivity index (χ4v) is 1.04. The van der Waals surface area contributed by atoms with Crippen LogP contribution in [0.4, 0.5) is 0 Å². The number of rotatable bonds is 5. The molecule has 0 saturated carbocycles. The molecule has 0 aliphatic rings. The molecular weight excluding hydrogens is 170 g/mol. The molecule has 1 heterocycles. The standard InChI is InChI=1S/C8H11N3O2/c9-8(13)2-1-3-11-6-10-4-7(11)5-12/h4-6H,1-3H2,(H2,9,13). The molecule has 0 aliphatic heterocycles. The molecule has 5 heteroatoms. The zero-order valence-corrected chi connectivity index (χ0v) is 7.14. The number of aromatic nitrogens is 2. The SMILES string of the molecule is NC(=O)CCCn1cncc1C=O. The minimum Gasteiger partial charge on any atom is -0.370 e. The molecular formula is C8H11N3O2. The Bertz CT molecular complexity index is 306. The molecule has 0 radical (unpaired) electrons. The van der Waals surface area contributed by atoms with Gasteiger partial charge in [0.05, 0.1) is 12.5 Å². The van der Waals surface area contributed by atoms with Gasteiger partial charge in [0.15, 0.2) is 6.29 Å². The van der Waals surface area contributed by atoms with Crippen LogP contribution in [0.5, 0.6) is 0 Å². The molecule has 70 valence electrons. The molecule has 0 spiro atoms. The van der Waals surface area contributed by atoms with Gasteiger partial charge in [-0.15, -0.1) is 0 Å². The smallest absolute Gasteiger partial charge is 0.217 e. The van der Waals surface area contributed by atoms with Crippen molar-refractivity contribution in [2.45, 2.75) is 19.4 Å². The maximum absolute atomic E-state index is 10.4. The maximum Gasteiger partial charge on any atom is 0.217 e. The van der Waals surface area contributed by atoms with Gasteiger partial charge in [-0.3, -0.25) is 9.59 Å². The Balaban J connectivity index is 2.44. The molecule has 0 atom stereocenters. The number of carbonyl (C=O) groups excluding carboxylic acids is 2. The molecule has 1 aromatic heterocycles. The van der Waals surface area contributed by atoms with Crippen LogP contribution in [0.2, 0.25) is 0 Å². The largest absolute Gasteiger partial charge is 0.370 e. The summed E-state index contributed by atoms with van der Waals surface area (Å²) in [6, 6.07) is 0. The zero-order chi connectivity index (χ0) is 9.68. The van der Waals surface area contributed by atoms with Gasteiger partial charge < -0.3 is 10.3 Å². The van der Waals surface area contributed by atoms with Crippen molar-refractivity contribution in [2.24, 2.45) is 5.73 Å². The summed E-state index contributed by atoms with van der Waals surface area (Å²) in [5.41, 5.74) is 5.49.